The Balaban J connectivity index is 1.77. The van der Waals surface area contributed by atoms with Crippen molar-refractivity contribution in [1.29, 1.82) is 0 Å². The van der Waals surface area contributed by atoms with Gasteiger partial charge in [0.05, 0.1) is 11.6 Å². The second-order valence-corrected chi connectivity index (χ2v) is 6.03. The molecule has 0 aliphatic carbocycles. The van der Waals surface area contributed by atoms with Crippen LogP contribution in [-0.4, -0.2) is 16.7 Å². The molecule has 0 spiro atoms. The minimum absolute atomic E-state index is 0.269. The molecular formula is C18H19N3O. The number of anilines is 1. The molecule has 1 aliphatic heterocycles. The van der Waals surface area contributed by atoms with Crippen molar-refractivity contribution in [2.75, 3.05) is 11.4 Å². The Labute approximate surface area is 129 Å². The van der Waals surface area contributed by atoms with Gasteiger partial charge in [0.2, 0.25) is 0 Å². The lowest BCUT2D eigenvalue weighted by atomic mass is 10.1. The lowest BCUT2D eigenvalue weighted by molar-refractivity contribution is 0.385. The van der Waals surface area contributed by atoms with Gasteiger partial charge in [-0.15, -0.1) is 0 Å². The van der Waals surface area contributed by atoms with E-state index < -0.39 is 0 Å². The molecule has 1 aromatic carbocycles. The van der Waals surface area contributed by atoms with Gasteiger partial charge in [0, 0.05) is 18.0 Å². The van der Waals surface area contributed by atoms with Crippen molar-refractivity contribution in [3.05, 3.63) is 53.4 Å². The van der Waals surface area contributed by atoms with E-state index in [0.29, 0.717) is 0 Å². The molecule has 1 atom stereocenters. The maximum atomic E-state index is 5.26. The van der Waals surface area contributed by atoms with Crippen LogP contribution in [0.25, 0.3) is 10.9 Å². The Hall–Kier alpha value is -2.36. The summed E-state index contributed by atoms with van der Waals surface area (Å²) >= 11 is 0. The minimum atomic E-state index is 0.269. The van der Waals surface area contributed by atoms with E-state index in [2.05, 4.69) is 41.2 Å². The molecule has 0 N–H and O–H groups in total. The first-order valence-electron chi connectivity index (χ1n) is 7.78. The molecule has 0 bridgehead atoms. The van der Waals surface area contributed by atoms with Crippen molar-refractivity contribution in [2.24, 2.45) is 0 Å². The van der Waals surface area contributed by atoms with E-state index in [1.165, 1.54) is 10.9 Å². The third kappa shape index (κ3) is 2.15. The van der Waals surface area contributed by atoms with Crippen LogP contribution in [0.5, 0.6) is 0 Å². The van der Waals surface area contributed by atoms with Gasteiger partial charge >= 0.3 is 0 Å². The Bertz CT molecular complexity index is 824. The molecular weight excluding hydrogens is 274 g/mol. The van der Waals surface area contributed by atoms with Crippen LogP contribution in [0.1, 0.15) is 35.9 Å². The standard InChI is InChI=1S/C18H19N3O/c1-12-10-18(19-15-7-4-3-6-14(12)15)21-9-5-8-17(21)16-11-13(2)22-20-16/h3-4,6-7,10-11,17H,5,8-9H2,1-2H3. The zero-order chi connectivity index (χ0) is 15.1. The molecule has 1 fully saturated rings. The van der Waals surface area contributed by atoms with Gasteiger partial charge < -0.3 is 9.42 Å². The van der Waals surface area contributed by atoms with E-state index in [1.807, 2.05) is 19.1 Å². The number of aryl methyl sites for hydroxylation is 2. The highest BCUT2D eigenvalue weighted by atomic mass is 16.5. The summed E-state index contributed by atoms with van der Waals surface area (Å²) in [5.74, 6) is 1.91. The topological polar surface area (TPSA) is 42.2 Å². The average Bonchev–Trinajstić information content (AvgIpc) is 3.15. The Morgan fingerprint density at radius 2 is 2.05 bits per heavy atom. The lowest BCUT2D eigenvalue weighted by Gasteiger charge is -2.24. The Kier molecular flexibility index (Phi) is 3.10. The van der Waals surface area contributed by atoms with Crippen LogP contribution in [-0.2, 0) is 0 Å². The highest BCUT2D eigenvalue weighted by Crippen LogP contribution is 2.36. The summed E-state index contributed by atoms with van der Waals surface area (Å²) in [6.45, 7) is 5.11. The molecule has 112 valence electrons. The summed E-state index contributed by atoms with van der Waals surface area (Å²) in [5, 5.41) is 5.44. The summed E-state index contributed by atoms with van der Waals surface area (Å²) in [6.07, 6.45) is 2.25. The zero-order valence-corrected chi connectivity index (χ0v) is 12.9. The van der Waals surface area contributed by atoms with E-state index in [0.717, 1.165) is 42.2 Å². The van der Waals surface area contributed by atoms with E-state index in [9.17, 15) is 0 Å². The predicted octanol–water partition coefficient (Wildman–Crippen LogP) is 4.18. The zero-order valence-electron chi connectivity index (χ0n) is 12.9. The molecule has 1 unspecified atom stereocenters. The van der Waals surface area contributed by atoms with Crippen LogP contribution in [0.4, 0.5) is 5.82 Å². The van der Waals surface area contributed by atoms with Crippen LogP contribution in [0.3, 0.4) is 0 Å². The largest absolute Gasteiger partial charge is 0.361 e. The highest BCUT2D eigenvalue weighted by molar-refractivity contribution is 5.83. The van der Waals surface area contributed by atoms with Crippen molar-refractivity contribution < 1.29 is 4.52 Å². The lowest BCUT2D eigenvalue weighted by Crippen LogP contribution is -2.23. The van der Waals surface area contributed by atoms with E-state index in [-0.39, 0.29) is 6.04 Å². The van der Waals surface area contributed by atoms with Gasteiger partial charge in [-0.3, -0.25) is 0 Å². The number of hydrogen-bond acceptors (Lipinski definition) is 4. The molecule has 0 saturated carbocycles. The van der Waals surface area contributed by atoms with Gasteiger partial charge in [0.25, 0.3) is 0 Å². The molecule has 3 heterocycles. The van der Waals surface area contributed by atoms with Crippen LogP contribution >= 0.6 is 0 Å². The first-order chi connectivity index (χ1) is 10.7. The third-order valence-corrected chi connectivity index (χ3v) is 4.44. The summed E-state index contributed by atoms with van der Waals surface area (Å²) in [6, 6.07) is 12.8. The second-order valence-electron chi connectivity index (χ2n) is 6.03. The van der Waals surface area contributed by atoms with Gasteiger partial charge in [-0.1, -0.05) is 23.4 Å². The SMILES string of the molecule is Cc1cc(C2CCCN2c2cc(C)c3ccccc3n2)no1. The summed E-state index contributed by atoms with van der Waals surface area (Å²) in [7, 11) is 0. The van der Waals surface area contributed by atoms with Crippen molar-refractivity contribution in [2.45, 2.75) is 32.7 Å². The summed E-state index contributed by atoms with van der Waals surface area (Å²) < 4.78 is 5.26. The normalized spacial score (nSPS) is 18.3. The second kappa shape index (κ2) is 5.13. The number of para-hydroxylation sites is 1. The number of pyridine rings is 1. The number of aromatic nitrogens is 2. The molecule has 1 saturated heterocycles. The van der Waals surface area contributed by atoms with Gasteiger partial charge in [-0.05, 0) is 44.4 Å². The number of fused-ring (bicyclic) bond motifs is 1. The third-order valence-electron chi connectivity index (χ3n) is 4.44. The van der Waals surface area contributed by atoms with Crippen LogP contribution < -0.4 is 4.90 Å². The van der Waals surface area contributed by atoms with Crippen LogP contribution in [0.15, 0.2) is 40.9 Å². The number of rotatable bonds is 2. The van der Waals surface area contributed by atoms with E-state index in [1.54, 1.807) is 0 Å². The van der Waals surface area contributed by atoms with Gasteiger partial charge in [0.1, 0.15) is 17.3 Å². The molecule has 3 aromatic rings. The number of hydrogen-bond donors (Lipinski definition) is 0. The fourth-order valence-electron chi connectivity index (χ4n) is 3.37. The fourth-order valence-corrected chi connectivity index (χ4v) is 3.37. The van der Waals surface area contributed by atoms with Gasteiger partial charge in [0.15, 0.2) is 0 Å². The molecule has 2 aromatic heterocycles. The molecule has 22 heavy (non-hydrogen) atoms. The van der Waals surface area contributed by atoms with Crippen molar-refractivity contribution in [3.63, 3.8) is 0 Å². The van der Waals surface area contributed by atoms with E-state index in [4.69, 9.17) is 9.51 Å². The van der Waals surface area contributed by atoms with Crippen molar-refractivity contribution >= 4 is 16.7 Å². The maximum Gasteiger partial charge on any atom is 0.134 e. The molecule has 1 aliphatic rings. The van der Waals surface area contributed by atoms with Crippen LogP contribution in [0, 0.1) is 13.8 Å². The minimum Gasteiger partial charge on any atom is -0.361 e. The highest BCUT2D eigenvalue weighted by Gasteiger charge is 2.29. The van der Waals surface area contributed by atoms with Gasteiger partial charge in [-0.25, -0.2) is 4.98 Å². The van der Waals surface area contributed by atoms with Crippen LogP contribution in [0.2, 0.25) is 0 Å². The summed E-state index contributed by atoms with van der Waals surface area (Å²) in [4.78, 5) is 7.23. The average molecular weight is 293 g/mol. The van der Waals surface area contributed by atoms with Crippen molar-refractivity contribution in [3.8, 4) is 0 Å². The van der Waals surface area contributed by atoms with E-state index >= 15 is 0 Å². The molecule has 0 amide bonds. The molecule has 4 nitrogen and oxygen atoms in total. The molecule has 0 radical (unpaired) electrons. The van der Waals surface area contributed by atoms with Crippen molar-refractivity contribution in [1.82, 2.24) is 10.1 Å². The Morgan fingerprint density at radius 1 is 1.18 bits per heavy atom. The first-order valence-corrected chi connectivity index (χ1v) is 7.78. The van der Waals surface area contributed by atoms with Gasteiger partial charge in [-0.2, -0.15) is 0 Å². The summed E-state index contributed by atoms with van der Waals surface area (Å²) in [5.41, 5.74) is 3.34. The quantitative estimate of drug-likeness (QED) is 0.711. The molecule has 4 rings (SSSR count). The Morgan fingerprint density at radius 3 is 2.86 bits per heavy atom. The number of nitrogens with zero attached hydrogens (tertiary/aromatic N) is 3. The smallest absolute Gasteiger partial charge is 0.134 e. The molecule has 4 heteroatoms. The number of benzene rings is 1. The first kappa shape index (κ1) is 13.3. The monoisotopic (exact) mass is 293 g/mol. The maximum absolute atomic E-state index is 5.26. The predicted molar refractivity (Wildman–Crippen MR) is 87.0 cm³/mol. The fraction of sp³-hybridized carbons (Fsp3) is 0.333.